The summed E-state index contributed by atoms with van der Waals surface area (Å²) in [6.45, 7) is 1.92. The van der Waals surface area contributed by atoms with E-state index in [0.29, 0.717) is 0 Å². The molecule has 3 aromatic heterocycles. The third kappa shape index (κ3) is 5.62. The maximum absolute atomic E-state index is 2.42. The number of aromatic nitrogens is 3. The maximum Gasteiger partial charge on any atom is 0.0541 e. The van der Waals surface area contributed by atoms with Gasteiger partial charge in [0.25, 0.3) is 0 Å². The van der Waals surface area contributed by atoms with Crippen molar-refractivity contribution in [3.63, 3.8) is 0 Å². The fraction of sp³-hybridized carbons (Fsp3) is 0.0182. The lowest BCUT2D eigenvalue weighted by atomic mass is 9.98. The molecular formula is C55H40N3P. The van der Waals surface area contributed by atoms with E-state index in [1.807, 2.05) is 6.66 Å². The molecule has 0 saturated carbocycles. The number of benzene rings is 9. The van der Waals surface area contributed by atoms with Crippen molar-refractivity contribution in [2.75, 3.05) is 6.66 Å². The van der Waals surface area contributed by atoms with Crippen molar-refractivity contribution in [2.45, 2.75) is 0 Å². The third-order valence-corrected chi connectivity index (χ3v) is 11.8. The third-order valence-electron chi connectivity index (χ3n) is 11.8. The molecule has 0 spiro atoms. The fourth-order valence-electron chi connectivity index (χ4n) is 9.25. The van der Waals surface area contributed by atoms with Crippen molar-refractivity contribution in [1.29, 1.82) is 0 Å². The molecule has 59 heavy (non-hydrogen) atoms. The van der Waals surface area contributed by atoms with E-state index in [2.05, 4.69) is 235 Å². The minimum atomic E-state index is 1.16. The summed E-state index contributed by atoms with van der Waals surface area (Å²) in [6.07, 6.45) is 0. The van der Waals surface area contributed by atoms with Crippen molar-refractivity contribution < 1.29 is 0 Å². The minimum Gasteiger partial charge on any atom is -0.309 e. The zero-order valence-electron chi connectivity index (χ0n) is 32.6. The summed E-state index contributed by atoms with van der Waals surface area (Å²) in [6, 6.07) is 77.4. The molecule has 0 aliphatic carbocycles. The van der Waals surface area contributed by atoms with Gasteiger partial charge in [-0.05, 0) is 119 Å². The number of hydrogen-bond acceptors (Lipinski definition) is 0. The standard InChI is InChI=1S/C54H35N3.CH5P/c1-4-14-40(15-5-1)55-49-22-12-10-20-43(49)45-32-36(24-28-51(45)55)38-26-30-53-47(34-38)48-35-39(27-31-54(48)57(53)42-18-8-3-9-19-42)37-25-29-52-46(33-37)44-21-11-13-23-50(44)56(52)41-16-6-2-7-17-41;1-2/h1-35H;2H2,1H3. The van der Waals surface area contributed by atoms with Crippen LogP contribution < -0.4 is 0 Å². The Balaban J connectivity index is 0.00000196. The Morgan fingerprint density at radius 1 is 0.237 bits per heavy atom. The molecule has 3 heterocycles. The minimum absolute atomic E-state index is 1.16. The molecule has 9 aromatic carbocycles. The molecule has 1 unspecified atom stereocenters. The van der Waals surface area contributed by atoms with E-state index < -0.39 is 0 Å². The summed E-state index contributed by atoms with van der Waals surface area (Å²) in [4.78, 5) is 0. The second-order valence-corrected chi connectivity index (χ2v) is 15.0. The van der Waals surface area contributed by atoms with Crippen molar-refractivity contribution in [3.8, 4) is 39.3 Å². The molecule has 0 bridgehead atoms. The highest BCUT2D eigenvalue weighted by Crippen LogP contribution is 2.41. The zero-order chi connectivity index (χ0) is 39.5. The van der Waals surface area contributed by atoms with Gasteiger partial charge in [0.1, 0.15) is 0 Å². The molecule has 0 radical (unpaired) electrons. The summed E-state index contributed by atoms with van der Waals surface area (Å²) in [5, 5.41) is 7.50. The van der Waals surface area contributed by atoms with Gasteiger partial charge in [-0.1, -0.05) is 122 Å². The van der Waals surface area contributed by atoms with Gasteiger partial charge >= 0.3 is 0 Å². The number of rotatable bonds is 5. The summed E-state index contributed by atoms with van der Waals surface area (Å²) in [5.74, 6) is 0. The van der Waals surface area contributed by atoms with Gasteiger partial charge in [0, 0.05) is 49.4 Å². The van der Waals surface area contributed by atoms with Crippen LogP contribution in [-0.4, -0.2) is 20.4 Å². The summed E-state index contributed by atoms with van der Waals surface area (Å²) >= 11 is 0. The average Bonchev–Trinajstić information content (AvgIpc) is 3.95. The first kappa shape index (κ1) is 35.0. The van der Waals surface area contributed by atoms with E-state index in [1.54, 1.807) is 0 Å². The van der Waals surface area contributed by atoms with Crippen molar-refractivity contribution >= 4 is 74.7 Å². The first-order valence-corrected chi connectivity index (χ1v) is 21.3. The van der Waals surface area contributed by atoms with Gasteiger partial charge in [-0.2, -0.15) is 0 Å². The first-order valence-electron chi connectivity index (χ1n) is 20.2. The molecule has 0 aliphatic rings. The van der Waals surface area contributed by atoms with Crippen LogP contribution in [0, 0.1) is 0 Å². The van der Waals surface area contributed by atoms with Crippen molar-refractivity contribution in [1.82, 2.24) is 13.7 Å². The largest absolute Gasteiger partial charge is 0.309 e. The molecule has 3 nitrogen and oxygen atoms in total. The molecule has 0 fully saturated rings. The molecule has 4 heteroatoms. The SMILES string of the molecule is CP.c1ccc(-n2c3ccccc3c3cc(-c4ccc5c(c4)c4cc(-c6ccc7c(c6)c6ccccc6n7-c6ccccc6)ccc4n5-c4ccccc4)ccc32)cc1. The van der Waals surface area contributed by atoms with Crippen LogP contribution in [0.2, 0.25) is 0 Å². The van der Waals surface area contributed by atoms with Gasteiger partial charge in [-0.3, -0.25) is 0 Å². The molecular weight excluding hydrogens is 734 g/mol. The van der Waals surface area contributed by atoms with Gasteiger partial charge in [-0.15, -0.1) is 9.24 Å². The molecule has 280 valence electrons. The Morgan fingerprint density at radius 2 is 0.475 bits per heavy atom. The van der Waals surface area contributed by atoms with Crippen LogP contribution in [0.1, 0.15) is 0 Å². The Hall–Kier alpha value is -7.19. The highest BCUT2D eigenvalue weighted by molar-refractivity contribution is 7.15. The van der Waals surface area contributed by atoms with E-state index in [4.69, 9.17) is 0 Å². The van der Waals surface area contributed by atoms with E-state index in [9.17, 15) is 0 Å². The predicted octanol–water partition coefficient (Wildman–Crippen LogP) is 14.8. The molecule has 12 rings (SSSR count). The van der Waals surface area contributed by atoms with Crippen LogP contribution >= 0.6 is 9.24 Å². The Morgan fingerprint density at radius 3 is 0.780 bits per heavy atom. The van der Waals surface area contributed by atoms with Crippen molar-refractivity contribution in [3.05, 3.63) is 212 Å². The molecule has 0 N–H and O–H groups in total. The van der Waals surface area contributed by atoms with E-state index in [-0.39, 0.29) is 0 Å². The molecule has 0 saturated heterocycles. The quantitative estimate of drug-likeness (QED) is 0.155. The average molecular weight is 774 g/mol. The van der Waals surface area contributed by atoms with E-state index in [0.717, 1.165) is 5.69 Å². The number of hydrogen-bond donors (Lipinski definition) is 0. The lowest BCUT2D eigenvalue weighted by Gasteiger charge is -2.09. The monoisotopic (exact) mass is 773 g/mol. The number of fused-ring (bicyclic) bond motifs is 9. The number of para-hydroxylation sites is 5. The second-order valence-electron chi connectivity index (χ2n) is 15.0. The molecule has 1 atom stereocenters. The van der Waals surface area contributed by atoms with E-state index in [1.165, 1.54) is 99.0 Å². The smallest absolute Gasteiger partial charge is 0.0541 e. The van der Waals surface area contributed by atoms with Gasteiger partial charge in [-0.25, -0.2) is 0 Å². The summed E-state index contributed by atoms with van der Waals surface area (Å²) in [5.41, 5.74) is 15.6. The Labute approximate surface area is 345 Å². The highest BCUT2D eigenvalue weighted by atomic mass is 31.0. The van der Waals surface area contributed by atoms with Crippen LogP contribution in [0.25, 0.3) is 105 Å². The molecule has 0 aliphatic heterocycles. The second kappa shape index (κ2) is 14.3. The topological polar surface area (TPSA) is 14.8 Å². The fourth-order valence-corrected chi connectivity index (χ4v) is 9.25. The Bertz CT molecular complexity index is 3290. The maximum atomic E-state index is 2.42. The van der Waals surface area contributed by atoms with Crippen LogP contribution in [0.5, 0.6) is 0 Å². The van der Waals surface area contributed by atoms with Crippen LogP contribution in [0.15, 0.2) is 212 Å². The van der Waals surface area contributed by atoms with Crippen LogP contribution in [-0.2, 0) is 0 Å². The van der Waals surface area contributed by atoms with E-state index >= 15 is 0 Å². The van der Waals surface area contributed by atoms with Gasteiger partial charge in [0.2, 0.25) is 0 Å². The van der Waals surface area contributed by atoms with Gasteiger partial charge in [0.15, 0.2) is 0 Å². The molecule has 0 amide bonds. The van der Waals surface area contributed by atoms with Gasteiger partial charge < -0.3 is 13.7 Å². The lowest BCUT2D eigenvalue weighted by molar-refractivity contribution is 1.18. The normalized spacial score (nSPS) is 11.6. The first-order chi connectivity index (χ1) is 29.3. The summed E-state index contributed by atoms with van der Waals surface area (Å²) < 4.78 is 7.17. The lowest BCUT2D eigenvalue weighted by Crippen LogP contribution is -1.93. The van der Waals surface area contributed by atoms with Crippen molar-refractivity contribution in [2.24, 2.45) is 0 Å². The predicted molar refractivity (Wildman–Crippen MR) is 256 cm³/mol. The van der Waals surface area contributed by atoms with Crippen LogP contribution in [0.4, 0.5) is 0 Å². The molecule has 12 aromatic rings. The zero-order valence-corrected chi connectivity index (χ0v) is 33.8. The van der Waals surface area contributed by atoms with Gasteiger partial charge in [0.05, 0.1) is 33.1 Å². The Kier molecular flexibility index (Phi) is 8.50. The highest BCUT2D eigenvalue weighted by Gasteiger charge is 2.18. The number of nitrogens with zero attached hydrogens (tertiary/aromatic N) is 3. The van der Waals surface area contributed by atoms with Crippen LogP contribution in [0.3, 0.4) is 0 Å². The summed E-state index contributed by atoms with van der Waals surface area (Å²) in [7, 11) is 2.42.